The number of carboxylic acid groups (broad SMARTS) is 2. The third kappa shape index (κ3) is 4.82. The van der Waals surface area contributed by atoms with Gasteiger partial charge in [0.05, 0.1) is 11.1 Å². The number of aromatic carboxylic acids is 2. The molecule has 0 bridgehead atoms. The van der Waals surface area contributed by atoms with Gasteiger partial charge in [0.15, 0.2) is 0 Å². The first-order valence-electron chi connectivity index (χ1n) is 4.73. The molecule has 0 aromatic heterocycles. The van der Waals surface area contributed by atoms with Crippen molar-refractivity contribution in [1.82, 2.24) is 0 Å². The predicted octanol–water partition coefficient (Wildman–Crippen LogP) is 3.31. The minimum absolute atomic E-state index is 0.0277. The van der Waals surface area contributed by atoms with Gasteiger partial charge >= 0.3 is 11.9 Å². The lowest BCUT2D eigenvalue weighted by Gasteiger charge is -2.03. The molecule has 0 radical (unpaired) electrons. The van der Waals surface area contributed by atoms with Crippen molar-refractivity contribution < 1.29 is 19.8 Å². The van der Waals surface area contributed by atoms with Gasteiger partial charge in [0.2, 0.25) is 0 Å². The van der Waals surface area contributed by atoms with Crippen LogP contribution < -0.4 is 0 Å². The minimum Gasteiger partial charge on any atom is -0.478 e. The van der Waals surface area contributed by atoms with Gasteiger partial charge in [0.25, 0.3) is 0 Å². The van der Waals surface area contributed by atoms with E-state index in [0.717, 1.165) is 0 Å². The van der Waals surface area contributed by atoms with Crippen LogP contribution in [0.25, 0.3) is 0 Å². The first-order chi connectivity index (χ1) is 7.95. The fourth-order valence-corrected chi connectivity index (χ4v) is 1.10. The zero-order valence-corrected chi connectivity index (χ0v) is 11.1. The van der Waals surface area contributed by atoms with E-state index in [0.29, 0.717) is 0 Å². The second kappa shape index (κ2) is 7.62. The van der Waals surface area contributed by atoms with Crippen LogP contribution in [0.3, 0.4) is 0 Å². The summed E-state index contributed by atoms with van der Waals surface area (Å²) in [5, 5.41) is 17.4. The van der Waals surface area contributed by atoms with Crippen LogP contribution in [-0.2, 0) is 0 Å². The zero-order valence-electron chi connectivity index (χ0n) is 9.48. The van der Waals surface area contributed by atoms with Crippen molar-refractivity contribution >= 4 is 27.9 Å². The third-order valence-corrected chi connectivity index (χ3v) is 2.45. The van der Waals surface area contributed by atoms with E-state index in [1.54, 1.807) is 0 Å². The Kier molecular flexibility index (Phi) is 6.89. The molecule has 0 spiro atoms. The van der Waals surface area contributed by atoms with E-state index in [1.807, 2.05) is 18.0 Å². The second-order valence-electron chi connectivity index (χ2n) is 3.05. The SMILES string of the molecule is CC=CBr.Cc1c(C(=O)O)cccc1C(=O)O. The first kappa shape index (κ1) is 15.4. The van der Waals surface area contributed by atoms with Crippen LogP contribution in [0.4, 0.5) is 0 Å². The quantitative estimate of drug-likeness (QED) is 0.879. The summed E-state index contributed by atoms with van der Waals surface area (Å²) in [5.41, 5.74) is 0.335. The van der Waals surface area contributed by atoms with Crippen LogP contribution in [0, 0.1) is 6.92 Å². The van der Waals surface area contributed by atoms with E-state index < -0.39 is 11.9 Å². The topological polar surface area (TPSA) is 74.6 Å². The number of carboxylic acids is 2. The van der Waals surface area contributed by atoms with Crippen molar-refractivity contribution in [2.45, 2.75) is 13.8 Å². The molecule has 2 N–H and O–H groups in total. The summed E-state index contributed by atoms with van der Waals surface area (Å²) in [4.78, 5) is 23.0. The number of benzene rings is 1. The van der Waals surface area contributed by atoms with E-state index in [4.69, 9.17) is 10.2 Å². The Morgan fingerprint density at radius 2 is 1.53 bits per heavy atom. The molecule has 0 amide bonds. The number of halogens is 1. The average molecular weight is 301 g/mol. The lowest BCUT2D eigenvalue weighted by atomic mass is 10.0. The van der Waals surface area contributed by atoms with Gasteiger partial charge in [-0.15, -0.1) is 0 Å². The van der Waals surface area contributed by atoms with Gasteiger partial charge < -0.3 is 10.2 Å². The molecule has 0 heterocycles. The van der Waals surface area contributed by atoms with Gasteiger partial charge in [-0.3, -0.25) is 0 Å². The summed E-state index contributed by atoms with van der Waals surface area (Å²) in [6.07, 6.45) is 1.92. The smallest absolute Gasteiger partial charge is 0.335 e. The summed E-state index contributed by atoms with van der Waals surface area (Å²) in [6.45, 7) is 3.43. The molecule has 0 aliphatic carbocycles. The van der Waals surface area contributed by atoms with Crippen LogP contribution in [0.2, 0.25) is 0 Å². The van der Waals surface area contributed by atoms with Gasteiger partial charge in [0, 0.05) is 0 Å². The van der Waals surface area contributed by atoms with Crippen molar-refractivity contribution in [3.8, 4) is 0 Å². The maximum absolute atomic E-state index is 10.6. The maximum Gasteiger partial charge on any atom is 0.335 e. The summed E-state index contributed by atoms with van der Waals surface area (Å²) in [6, 6.07) is 4.17. The van der Waals surface area contributed by atoms with Crippen molar-refractivity contribution in [1.29, 1.82) is 0 Å². The molecule has 5 heteroatoms. The fraction of sp³-hybridized carbons (Fsp3) is 0.167. The molecule has 1 aromatic rings. The van der Waals surface area contributed by atoms with Crippen molar-refractivity contribution in [3.63, 3.8) is 0 Å². The van der Waals surface area contributed by atoms with E-state index in [2.05, 4.69) is 15.9 Å². The maximum atomic E-state index is 10.6. The second-order valence-corrected chi connectivity index (χ2v) is 3.58. The summed E-state index contributed by atoms with van der Waals surface area (Å²) >= 11 is 3.07. The van der Waals surface area contributed by atoms with Crippen molar-refractivity contribution in [2.75, 3.05) is 0 Å². The molecule has 4 nitrogen and oxygen atoms in total. The number of hydrogen-bond donors (Lipinski definition) is 2. The molecule has 0 aliphatic heterocycles. The standard InChI is InChI=1S/C9H8O4.C3H5Br/c1-5-6(8(10)11)3-2-4-7(5)9(12)13;1-2-3-4/h2-4H,1H3,(H,10,11)(H,12,13);2-3H,1H3. The molecule has 0 atom stereocenters. The van der Waals surface area contributed by atoms with Gasteiger partial charge in [-0.25, -0.2) is 9.59 Å². The number of hydrogen-bond acceptors (Lipinski definition) is 2. The summed E-state index contributed by atoms with van der Waals surface area (Å²) in [5.74, 6) is -2.22. The lowest BCUT2D eigenvalue weighted by Crippen LogP contribution is -2.06. The molecule has 0 fully saturated rings. The highest BCUT2D eigenvalue weighted by atomic mass is 79.9. The Morgan fingerprint density at radius 1 is 1.18 bits per heavy atom. The Labute approximate surface area is 108 Å². The molecule has 0 unspecified atom stereocenters. The number of allylic oxidation sites excluding steroid dienone is 1. The highest BCUT2D eigenvalue weighted by Gasteiger charge is 2.13. The first-order valence-corrected chi connectivity index (χ1v) is 5.64. The van der Waals surface area contributed by atoms with Gasteiger partial charge in [-0.2, -0.15) is 0 Å². The summed E-state index contributed by atoms with van der Waals surface area (Å²) in [7, 11) is 0. The molecule has 92 valence electrons. The Balaban J connectivity index is 0.000000557. The van der Waals surface area contributed by atoms with E-state index in [-0.39, 0.29) is 16.7 Å². The molecule has 0 saturated carbocycles. The lowest BCUT2D eigenvalue weighted by molar-refractivity contribution is 0.0696. The molecule has 1 aromatic carbocycles. The van der Waals surface area contributed by atoms with Crippen LogP contribution in [0.1, 0.15) is 33.2 Å². The average Bonchev–Trinajstić information content (AvgIpc) is 2.29. The normalized spacial score (nSPS) is 9.59. The van der Waals surface area contributed by atoms with E-state index >= 15 is 0 Å². The molecular formula is C12H13BrO4. The minimum atomic E-state index is -1.11. The van der Waals surface area contributed by atoms with Gasteiger partial charge in [-0.05, 0) is 36.5 Å². The van der Waals surface area contributed by atoms with E-state index in [1.165, 1.54) is 25.1 Å². The van der Waals surface area contributed by atoms with Gasteiger partial charge in [0.1, 0.15) is 0 Å². The Bertz CT molecular complexity index is 402. The largest absolute Gasteiger partial charge is 0.478 e. The molecule has 17 heavy (non-hydrogen) atoms. The fourth-order valence-electron chi connectivity index (χ4n) is 1.10. The molecule has 1 rings (SSSR count). The monoisotopic (exact) mass is 300 g/mol. The van der Waals surface area contributed by atoms with Crippen LogP contribution in [0.15, 0.2) is 29.3 Å². The van der Waals surface area contributed by atoms with E-state index in [9.17, 15) is 9.59 Å². The Hall–Kier alpha value is -1.62. The van der Waals surface area contributed by atoms with Crippen LogP contribution >= 0.6 is 15.9 Å². The molecule has 0 saturated heterocycles. The zero-order chi connectivity index (χ0) is 13.4. The van der Waals surface area contributed by atoms with Crippen molar-refractivity contribution in [3.05, 3.63) is 46.0 Å². The van der Waals surface area contributed by atoms with Gasteiger partial charge in [-0.1, -0.05) is 28.1 Å². The molecular weight excluding hydrogens is 288 g/mol. The van der Waals surface area contributed by atoms with Crippen molar-refractivity contribution in [2.24, 2.45) is 0 Å². The van der Waals surface area contributed by atoms with Crippen LogP contribution in [-0.4, -0.2) is 22.2 Å². The predicted molar refractivity (Wildman–Crippen MR) is 68.8 cm³/mol. The molecule has 0 aliphatic rings. The Morgan fingerprint density at radius 3 is 1.76 bits per heavy atom. The highest BCUT2D eigenvalue weighted by Crippen LogP contribution is 2.13. The third-order valence-electron chi connectivity index (χ3n) is 1.92. The number of carbonyl (C=O) groups is 2. The number of rotatable bonds is 2. The van der Waals surface area contributed by atoms with Crippen LogP contribution in [0.5, 0.6) is 0 Å². The highest BCUT2D eigenvalue weighted by molar-refractivity contribution is 9.11. The summed E-state index contributed by atoms with van der Waals surface area (Å²) < 4.78 is 0.